The highest BCUT2D eigenvalue weighted by molar-refractivity contribution is 7.89. The Bertz CT molecular complexity index is 851. The molecule has 26 heavy (non-hydrogen) atoms. The Kier molecular flexibility index (Phi) is 6.31. The van der Waals surface area contributed by atoms with Crippen molar-refractivity contribution in [3.8, 4) is 0 Å². The normalized spacial score (nSPS) is 12.2. The fourth-order valence-electron chi connectivity index (χ4n) is 2.41. The maximum absolute atomic E-state index is 12.9. The topological polar surface area (TPSA) is 63.2 Å². The molecule has 0 heterocycles. The van der Waals surface area contributed by atoms with Gasteiger partial charge in [0.05, 0.1) is 12.3 Å². The summed E-state index contributed by atoms with van der Waals surface area (Å²) in [4.78, 5) is 12.0. The van der Waals surface area contributed by atoms with Crippen LogP contribution in [0.1, 0.15) is 42.3 Å². The molecule has 0 fully saturated rings. The Morgan fingerprint density at radius 1 is 1.00 bits per heavy atom. The van der Waals surface area contributed by atoms with Crippen molar-refractivity contribution in [2.75, 3.05) is 12.3 Å². The van der Waals surface area contributed by atoms with Crippen LogP contribution in [-0.2, 0) is 21.9 Å². The molecule has 0 aliphatic carbocycles. The first-order valence-corrected chi connectivity index (χ1v) is 10.1. The van der Waals surface area contributed by atoms with E-state index in [2.05, 4.69) is 25.5 Å². The number of carbonyl (C=O) groups excluding carboxylic acids is 1. The molecule has 4 nitrogen and oxygen atoms in total. The summed E-state index contributed by atoms with van der Waals surface area (Å²) in [5, 5.41) is 0. The lowest BCUT2D eigenvalue weighted by Gasteiger charge is -2.19. The van der Waals surface area contributed by atoms with Crippen LogP contribution in [0.15, 0.2) is 48.5 Å². The minimum Gasteiger partial charge on any atom is -0.293 e. The lowest BCUT2D eigenvalue weighted by atomic mass is 9.86. The minimum absolute atomic E-state index is 0.0485. The Morgan fingerprint density at radius 3 is 2.12 bits per heavy atom. The molecule has 1 N–H and O–H groups in total. The van der Waals surface area contributed by atoms with E-state index in [-0.39, 0.29) is 23.3 Å². The van der Waals surface area contributed by atoms with E-state index >= 15 is 0 Å². The Labute approximate surface area is 154 Å². The zero-order valence-corrected chi connectivity index (χ0v) is 16.1. The largest absolute Gasteiger partial charge is 0.293 e. The molecule has 0 aliphatic rings. The Balaban J connectivity index is 1.88. The third-order valence-electron chi connectivity index (χ3n) is 4.10. The third-order valence-corrected chi connectivity index (χ3v) is 5.42. The summed E-state index contributed by atoms with van der Waals surface area (Å²) in [6, 6.07) is 12.9. The zero-order valence-electron chi connectivity index (χ0n) is 15.3. The van der Waals surface area contributed by atoms with E-state index in [4.69, 9.17) is 0 Å². The van der Waals surface area contributed by atoms with Gasteiger partial charge in [-0.15, -0.1) is 0 Å². The van der Waals surface area contributed by atoms with Crippen LogP contribution >= 0.6 is 0 Å². The molecule has 0 saturated carbocycles. The van der Waals surface area contributed by atoms with Crippen LogP contribution in [0.5, 0.6) is 0 Å². The molecular weight excluding hydrogens is 353 g/mol. The maximum Gasteiger partial charge on any atom is 0.212 e. The van der Waals surface area contributed by atoms with Gasteiger partial charge < -0.3 is 0 Å². The number of halogens is 1. The number of aryl methyl sites for hydroxylation is 1. The second-order valence-electron chi connectivity index (χ2n) is 7.27. The molecule has 6 heteroatoms. The van der Waals surface area contributed by atoms with E-state index in [1.165, 1.54) is 29.8 Å². The molecule has 0 unspecified atom stereocenters. The summed E-state index contributed by atoms with van der Waals surface area (Å²) in [6.45, 7) is 6.02. The standard InChI is InChI=1S/C20H24FNO3S/c1-20(2,3)17-8-4-15(5-9-17)12-13-26(24,25)22-14-19(23)16-6-10-18(21)11-7-16/h4-11,22H,12-14H2,1-3H3. The van der Waals surface area contributed by atoms with Crippen molar-refractivity contribution in [2.24, 2.45) is 0 Å². The van der Waals surface area contributed by atoms with Gasteiger partial charge in [0.25, 0.3) is 0 Å². The number of nitrogens with one attached hydrogen (secondary N) is 1. The number of hydrogen-bond donors (Lipinski definition) is 1. The minimum atomic E-state index is -3.57. The van der Waals surface area contributed by atoms with E-state index in [1.54, 1.807) is 0 Å². The van der Waals surface area contributed by atoms with Gasteiger partial charge in [-0.1, -0.05) is 45.0 Å². The molecule has 0 aromatic heterocycles. The van der Waals surface area contributed by atoms with Gasteiger partial charge in [-0.05, 0) is 47.2 Å². The van der Waals surface area contributed by atoms with Gasteiger partial charge in [0.15, 0.2) is 5.78 Å². The van der Waals surface area contributed by atoms with Gasteiger partial charge in [-0.25, -0.2) is 17.5 Å². The summed E-state index contributed by atoms with van der Waals surface area (Å²) in [5.74, 6) is -0.943. The molecule has 2 rings (SSSR count). The van der Waals surface area contributed by atoms with E-state index in [9.17, 15) is 17.6 Å². The SMILES string of the molecule is CC(C)(C)c1ccc(CCS(=O)(=O)NCC(=O)c2ccc(F)cc2)cc1. The van der Waals surface area contributed by atoms with Crippen molar-refractivity contribution < 1.29 is 17.6 Å². The number of carbonyl (C=O) groups is 1. The molecule has 0 aliphatic heterocycles. The average Bonchev–Trinajstić information content (AvgIpc) is 2.58. The lowest BCUT2D eigenvalue weighted by molar-refractivity contribution is 0.0997. The number of hydrogen-bond acceptors (Lipinski definition) is 3. The van der Waals surface area contributed by atoms with E-state index in [0.29, 0.717) is 6.42 Å². The van der Waals surface area contributed by atoms with Crippen molar-refractivity contribution in [1.82, 2.24) is 4.72 Å². The molecule has 0 amide bonds. The van der Waals surface area contributed by atoms with Crippen molar-refractivity contribution >= 4 is 15.8 Å². The molecule has 140 valence electrons. The van der Waals surface area contributed by atoms with Crippen molar-refractivity contribution in [3.05, 3.63) is 71.0 Å². The summed E-state index contributed by atoms with van der Waals surface area (Å²) >= 11 is 0. The average molecular weight is 377 g/mol. The summed E-state index contributed by atoms with van der Waals surface area (Å²) in [6.07, 6.45) is 0.366. The van der Waals surface area contributed by atoms with Gasteiger partial charge in [0.1, 0.15) is 5.82 Å². The van der Waals surface area contributed by atoms with Gasteiger partial charge >= 0.3 is 0 Å². The summed E-state index contributed by atoms with van der Waals surface area (Å²) < 4.78 is 39.4. The zero-order chi connectivity index (χ0) is 19.4. The highest BCUT2D eigenvalue weighted by Crippen LogP contribution is 2.22. The summed E-state index contributed by atoms with van der Waals surface area (Å²) in [5.41, 5.74) is 2.43. The summed E-state index contributed by atoms with van der Waals surface area (Å²) in [7, 11) is -3.57. The Morgan fingerprint density at radius 2 is 1.58 bits per heavy atom. The van der Waals surface area contributed by atoms with E-state index < -0.39 is 21.6 Å². The second kappa shape index (κ2) is 8.10. The number of sulfonamides is 1. The maximum atomic E-state index is 12.9. The van der Waals surface area contributed by atoms with Crippen LogP contribution in [0.4, 0.5) is 4.39 Å². The smallest absolute Gasteiger partial charge is 0.212 e. The molecule has 2 aromatic carbocycles. The molecule has 2 aromatic rings. The van der Waals surface area contributed by atoms with Crippen molar-refractivity contribution in [1.29, 1.82) is 0 Å². The first-order valence-electron chi connectivity index (χ1n) is 8.42. The fourth-order valence-corrected chi connectivity index (χ4v) is 3.41. The number of benzene rings is 2. The van der Waals surface area contributed by atoms with Gasteiger partial charge in [0.2, 0.25) is 10.0 Å². The highest BCUT2D eigenvalue weighted by atomic mass is 32.2. The molecule has 0 atom stereocenters. The number of Topliss-reactive ketones (excluding diaryl/α,β-unsaturated/α-hetero) is 1. The molecule has 0 radical (unpaired) electrons. The van der Waals surface area contributed by atoms with Crippen LogP contribution in [0.2, 0.25) is 0 Å². The van der Waals surface area contributed by atoms with E-state index in [0.717, 1.165) is 5.56 Å². The van der Waals surface area contributed by atoms with Gasteiger partial charge in [0, 0.05) is 5.56 Å². The second-order valence-corrected chi connectivity index (χ2v) is 9.19. The number of ketones is 1. The van der Waals surface area contributed by atoms with Crippen LogP contribution in [0.25, 0.3) is 0 Å². The monoisotopic (exact) mass is 377 g/mol. The van der Waals surface area contributed by atoms with Crippen LogP contribution in [0, 0.1) is 5.82 Å². The first kappa shape index (κ1) is 20.3. The molecule has 0 saturated heterocycles. The predicted molar refractivity (Wildman–Crippen MR) is 101 cm³/mol. The predicted octanol–water partition coefficient (Wildman–Crippen LogP) is 3.47. The third kappa shape index (κ3) is 6.04. The first-order chi connectivity index (χ1) is 12.1. The van der Waals surface area contributed by atoms with Crippen LogP contribution in [0.3, 0.4) is 0 Å². The molecule has 0 spiro atoms. The van der Waals surface area contributed by atoms with Crippen LogP contribution < -0.4 is 4.72 Å². The molecular formula is C20H24FNO3S. The Hall–Kier alpha value is -2.05. The van der Waals surface area contributed by atoms with Gasteiger partial charge in [-0.2, -0.15) is 0 Å². The van der Waals surface area contributed by atoms with Crippen molar-refractivity contribution in [2.45, 2.75) is 32.6 Å². The van der Waals surface area contributed by atoms with Crippen molar-refractivity contribution in [3.63, 3.8) is 0 Å². The van der Waals surface area contributed by atoms with Gasteiger partial charge in [-0.3, -0.25) is 4.79 Å². The van der Waals surface area contributed by atoms with Crippen LogP contribution in [-0.4, -0.2) is 26.5 Å². The number of rotatable bonds is 7. The lowest BCUT2D eigenvalue weighted by Crippen LogP contribution is -2.32. The quantitative estimate of drug-likeness (QED) is 0.752. The molecule has 0 bridgehead atoms. The fraction of sp³-hybridized carbons (Fsp3) is 0.350. The highest BCUT2D eigenvalue weighted by Gasteiger charge is 2.15. The van der Waals surface area contributed by atoms with E-state index in [1.807, 2.05) is 24.3 Å².